The number of nitrogens with zero attached hydrogens (tertiary/aromatic N) is 1. The predicted molar refractivity (Wildman–Crippen MR) is 54.6 cm³/mol. The van der Waals surface area contributed by atoms with Crippen LogP contribution in [0.25, 0.3) is 0 Å². The fraction of sp³-hybridized carbons (Fsp3) is 0.636. The van der Waals surface area contributed by atoms with E-state index in [4.69, 9.17) is 4.74 Å². The largest absolute Gasteiger partial charge is 0.376 e. The van der Waals surface area contributed by atoms with Gasteiger partial charge in [0, 0.05) is 25.0 Å². The monoisotopic (exact) mass is 181 g/mol. The SMILES string of the molecule is CCOCc1cccn1CC(C)C. The first-order chi connectivity index (χ1) is 6.24. The first-order valence-corrected chi connectivity index (χ1v) is 4.95. The van der Waals surface area contributed by atoms with Crippen LogP contribution in [0.5, 0.6) is 0 Å². The summed E-state index contributed by atoms with van der Waals surface area (Å²) in [6, 6.07) is 4.20. The molecule has 0 unspecified atom stereocenters. The Kier molecular flexibility index (Phi) is 4.03. The molecular weight excluding hydrogens is 162 g/mol. The van der Waals surface area contributed by atoms with Gasteiger partial charge in [0.2, 0.25) is 0 Å². The Morgan fingerprint density at radius 2 is 2.23 bits per heavy atom. The van der Waals surface area contributed by atoms with Gasteiger partial charge in [-0.3, -0.25) is 0 Å². The van der Waals surface area contributed by atoms with Gasteiger partial charge < -0.3 is 9.30 Å². The zero-order valence-electron chi connectivity index (χ0n) is 8.79. The quantitative estimate of drug-likeness (QED) is 0.681. The van der Waals surface area contributed by atoms with Gasteiger partial charge in [-0.1, -0.05) is 13.8 Å². The number of rotatable bonds is 5. The summed E-state index contributed by atoms with van der Waals surface area (Å²) in [6.07, 6.45) is 2.12. The Balaban J connectivity index is 2.55. The standard InChI is InChI=1S/C11H19NO/c1-4-13-9-11-6-5-7-12(11)8-10(2)3/h5-7,10H,4,8-9H2,1-3H3. The zero-order chi connectivity index (χ0) is 9.68. The van der Waals surface area contributed by atoms with Crippen LogP contribution in [-0.4, -0.2) is 11.2 Å². The third kappa shape index (κ3) is 3.23. The molecule has 2 nitrogen and oxygen atoms in total. The van der Waals surface area contributed by atoms with E-state index in [0.29, 0.717) is 5.92 Å². The molecule has 13 heavy (non-hydrogen) atoms. The van der Waals surface area contributed by atoms with Crippen molar-refractivity contribution in [3.05, 3.63) is 24.0 Å². The number of hydrogen-bond acceptors (Lipinski definition) is 1. The summed E-state index contributed by atoms with van der Waals surface area (Å²) in [5.74, 6) is 0.688. The van der Waals surface area contributed by atoms with Gasteiger partial charge in [-0.25, -0.2) is 0 Å². The Hall–Kier alpha value is -0.760. The Labute approximate surface area is 80.5 Å². The van der Waals surface area contributed by atoms with Crippen molar-refractivity contribution in [1.82, 2.24) is 4.57 Å². The van der Waals surface area contributed by atoms with Crippen molar-refractivity contribution in [3.63, 3.8) is 0 Å². The second-order valence-corrected chi connectivity index (χ2v) is 3.68. The molecular formula is C11H19NO. The van der Waals surface area contributed by atoms with E-state index in [-0.39, 0.29) is 0 Å². The first-order valence-electron chi connectivity index (χ1n) is 4.95. The maximum Gasteiger partial charge on any atom is 0.0867 e. The molecule has 2 heteroatoms. The van der Waals surface area contributed by atoms with Crippen molar-refractivity contribution in [3.8, 4) is 0 Å². The maximum absolute atomic E-state index is 5.38. The molecule has 0 radical (unpaired) electrons. The molecule has 1 aromatic heterocycles. The predicted octanol–water partition coefficient (Wildman–Crippen LogP) is 2.68. The number of aromatic nitrogens is 1. The van der Waals surface area contributed by atoms with Crippen LogP contribution in [0.4, 0.5) is 0 Å². The van der Waals surface area contributed by atoms with Crippen molar-refractivity contribution < 1.29 is 4.74 Å². The molecule has 0 aliphatic heterocycles. The lowest BCUT2D eigenvalue weighted by atomic mass is 10.2. The fourth-order valence-corrected chi connectivity index (χ4v) is 1.36. The molecule has 0 aromatic carbocycles. The molecule has 0 aliphatic rings. The third-order valence-corrected chi connectivity index (χ3v) is 1.94. The highest BCUT2D eigenvalue weighted by atomic mass is 16.5. The minimum Gasteiger partial charge on any atom is -0.376 e. The molecule has 0 atom stereocenters. The van der Waals surface area contributed by atoms with Crippen molar-refractivity contribution in [2.24, 2.45) is 5.92 Å². The molecule has 0 N–H and O–H groups in total. The van der Waals surface area contributed by atoms with E-state index in [1.165, 1.54) is 5.69 Å². The second kappa shape index (κ2) is 5.07. The Morgan fingerprint density at radius 1 is 1.46 bits per heavy atom. The average molecular weight is 181 g/mol. The summed E-state index contributed by atoms with van der Waals surface area (Å²) < 4.78 is 7.64. The Bertz CT molecular complexity index is 240. The first kappa shape index (κ1) is 10.3. The van der Waals surface area contributed by atoms with E-state index in [1.807, 2.05) is 6.92 Å². The van der Waals surface area contributed by atoms with Crippen LogP contribution in [0, 0.1) is 5.92 Å². The van der Waals surface area contributed by atoms with Crippen LogP contribution in [0.1, 0.15) is 26.5 Å². The summed E-state index contributed by atoms with van der Waals surface area (Å²) >= 11 is 0. The lowest BCUT2D eigenvalue weighted by Crippen LogP contribution is -2.07. The maximum atomic E-state index is 5.38. The van der Waals surface area contributed by atoms with Gasteiger partial charge in [0.15, 0.2) is 0 Å². The molecule has 1 heterocycles. The van der Waals surface area contributed by atoms with E-state index >= 15 is 0 Å². The van der Waals surface area contributed by atoms with E-state index in [0.717, 1.165) is 19.8 Å². The van der Waals surface area contributed by atoms with Crippen LogP contribution in [-0.2, 0) is 17.9 Å². The number of hydrogen-bond donors (Lipinski definition) is 0. The summed E-state index contributed by atoms with van der Waals surface area (Å²) in [6.45, 7) is 9.07. The highest BCUT2D eigenvalue weighted by Gasteiger charge is 2.01. The molecule has 0 aliphatic carbocycles. The third-order valence-electron chi connectivity index (χ3n) is 1.94. The van der Waals surface area contributed by atoms with Crippen LogP contribution in [0.2, 0.25) is 0 Å². The van der Waals surface area contributed by atoms with Gasteiger partial charge >= 0.3 is 0 Å². The van der Waals surface area contributed by atoms with Crippen LogP contribution >= 0.6 is 0 Å². The van der Waals surface area contributed by atoms with Gasteiger partial charge in [-0.15, -0.1) is 0 Å². The molecule has 74 valence electrons. The smallest absolute Gasteiger partial charge is 0.0867 e. The average Bonchev–Trinajstić information content (AvgIpc) is 2.48. The van der Waals surface area contributed by atoms with Crippen LogP contribution in [0.15, 0.2) is 18.3 Å². The highest BCUT2D eigenvalue weighted by molar-refractivity contribution is 5.05. The van der Waals surface area contributed by atoms with E-state index in [9.17, 15) is 0 Å². The van der Waals surface area contributed by atoms with Crippen molar-refractivity contribution in [1.29, 1.82) is 0 Å². The highest BCUT2D eigenvalue weighted by Crippen LogP contribution is 2.07. The van der Waals surface area contributed by atoms with E-state index in [2.05, 4.69) is 36.7 Å². The second-order valence-electron chi connectivity index (χ2n) is 3.68. The molecule has 0 amide bonds. The fourth-order valence-electron chi connectivity index (χ4n) is 1.36. The lowest BCUT2D eigenvalue weighted by molar-refractivity contribution is 0.128. The zero-order valence-corrected chi connectivity index (χ0v) is 8.79. The number of ether oxygens (including phenoxy) is 1. The van der Waals surface area contributed by atoms with Gasteiger partial charge in [-0.05, 0) is 25.0 Å². The van der Waals surface area contributed by atoms with Crippen molar-refractivity contribution in [2.75, 3.05) is 6.61 Å². The lowest BCUT2D eigenvalue weighted by Gasteiger charge is -2.11. The minimum atomic E-state index is 0.688. The van der Waals surface area contributed by atoms with Crippen LogP contribution in [0.3, 0.4) is 0 Å². The normalized spacial score (nSPS) is 11.1. The van der Waals surface area contributed by atoms with Gasteiger partial charge in [0.25, 0.3) is 0 Å². The van der Waals surface area contributed by atoms with Gasteiger partial charge in [0.1, 0.15) is 0 Å². The van der Waals surface area contributed by atoms with E-state index < -0.39 is 0 Å². The van der Waals surface area contributed by atoms with Gasteiger partial charge in [-0.2, -0.15) is 0 Å². The summed E-state index contributed by atoms with van der Waals surface area (Å²) in [7, 11) is 0. The Morgan fingerprint density at radius 3 is 2.85 bits per heavy atom. The molecule has 1 aromatic rings. The molecule has 0 saturated carbocycles. The summed E-state index contributed by atoms with van der Waals surface area (Å²) in [5, 5.41) is 0. The molecule has 0 bridgehead atoms. The molecule has 0 saturated heterocycles. The minimum absolute atomic E-state index is 0.688. The van der Waals surface area contributed by atoms with E-state index in [1.54, 1.807) is 0 Å². The van der Waals surface area contributed by atoms with Gasteiger partial charge in [0.05, 0.1) is 6.61 Å². The van der Waals surface area contributed by atoms with Crippen LogP contribution < -0.4 is 0 Å². The molecule has 0 spiro atoms. The summed E-state index contributed by atoms with van der Waals surface area (Å²) in [5.41, 5.74) is 1.27. The summed E-state index contributed by atoms with van der Waals surface area (Å²) in [4.78, 5) is 0. The molecule has 0 fully saturated rings. The van der Waals surface area contributed by atoms with Crippen molar-refractivity contribution >= 4 is 0 Å². The molecule has 1 rings (SSSR count). The van der Waals surface area contributed by atoms with Crippen molar-refractivity contribution in [2.45, 2.75) is 33.9 Å². The topological polar surface area (TPSA) is 14.2 Å².